The lowest BCUT2D eigenvalue weighted by Gasteiger charge is -2.39. The molecule has 0 radical (unpaired) electrons. The summed E-state index contributed by atoms with van der Waals surface area (Å²) in [6.07, 6.45) is 0.740. The molecular weight excluding hydrogens is 270 g/mol. The van der Waals surface area contributed by atoms with E-state index < -0.39 is 5.60 Å². The average Bonchev–Trinajstić information content (AvgIpc) is 2.40. The number of aryl methyl sites for hydroxylation is 1. The summed E-state index contributed by atoms with van der Waals surface area (Å²) in [7, 11) is 0. The van der Waals surface area contributed by atoms with Gasteiger partial charge in [0.05, 0.1) is 0 Å². The van der Waals surface area contributed by atoms with Crippen molar-refractivity contribution in [3.63, 3.8) is 0 Å². The molecule has 1 aliphatic heterocycles. The highest BCUT2D eigenvalue weighted by molar-refractivity contribution is 6.30. The second-order valence-electron chi connectivity index (χ2n) is 5.70. The summed E-state index contributed by atoms with van der Waals surface area (Å²) in [6, 6.07) is 14.0. The number of hydrogen-bond acceptors (Lipinski definition) is 2. The maximum Gasteiger partial charge on any atom is 0.133 e. The topological polar surface area (TPSA) is 35.2 Å². The third-order valence-electron chi connectivity index (χ3n) is 3.94. The van der Waals surface area contributed by atoms with Gasteiger partial charge < -0.3 is 10.5 Å². The van der Waals surface area contributed by atoms with E-state index in [9.17, 15) is 0 Å². The molecule has 3 rings (SSSR count). The van der Waals surface area contributed by atoms with Gasteiger partial charge in [-0.15, -0.1) is 0 Å². The van der Waals surface area contributed by atoms with Crippen molar-refractivity contribution in [2.45, 2.75) is 31.9 Å². The van der Waals surface area contributed by atoms with E-state index in [2.05, 4.69) is 38.1 Å². The molecule has 1 aliphatic rings. The zero-order valence-electron chi connectivity index (χ0n) is 11.7. The fraction of sp³-hybridized carbons (Fsp3) is 0.294. The molecule has 2 aromatic carbocycles. The first-order valence-corrected chi connectivity index (χ1v) is 7.17. The van der Waals surface area contributed by atoms with Gasteiger partial charge in [0.1, 0.15) is 11.4 Å². The van der Waals surface area contributed by atoms with Crippen LogP contribution in [0.25, 0.3) is 0 Å². The van der Waals surface area contributed by atoms with Crippen LogP contribution in [0.4, 0.5) is 0 Å². The minimum absolute atomic E-state index is 0.0667. The van der Waals surface area contributed by atoms with Crippen LogP contribution in [0.1, 0.15) is 36.1 Å². The van der Waals surface area contributed by atoms with E-state index in [-0.39, 0.29) is 6.04 Å². The number of benzene rings is 2. The van der Waals surface area contributed by atoms with Gasteiger partial charge in [0.2, 0.25) is 0 Å². The Bertz CT molecular complexity index is 655. The van der Waals surface area contributed by atoms with Crippen LogP contribution in [0.15, 0.2) is 42.5 Å². The first-order chi connectivity index (χ1) is 9.48. The van der Waals surface area contributed by atoms with E-state index in [4.69, 9.17) is 22.1 Å². The summed E-state index contributed by atoms with van der Waals surface area (Å²) >= 11 is 6.04. The molecular formula is C17H18ClNO. The molecule has 2 aromatic rings. The highest BCUT2D eigenvalue weighted by Crippen LogP contribution is 2.44. The Balaban J connectivity index is 2.04. The molecule has 20 heavy (non-hydrogen) atoms. The predicted molar refractivity (Wildman–Crippen MR) is 82.2 cm³/mol. The van der Waals surface area contributed by atoms with Crippen molar-refractivity contribution < 1.29 is 4.74 Å². The Morgan fingerprint density at radius 2 is 2.05 bits per heavy atom. The van der Waals surface area contributed by atoms with Crippen molar-refractivity contribution in [3.8, 4) is 5.75 Å². The molecule has 0 saturated carbocycles. The van der Waals surface area contributed by atoms with Crippen LogP contribution in [0, 0.1) is 6.92 Å². The third-order valence-corrected chi connectivity index (χ3v) is 4.18. The van der Waals surface area contributed by atoms with Gasteiger partial charge in [0, 0.05) is 23.0 Å². The molecule has 2 atom stereocenters. The fourth-order valence-electron chi connectivity index (χ4n) is 2.87. The Morgan fingerprint density at radius 3 is 2.80 bits per heavy atom. The maximum absolute atomic E-state index is 6.33. The lowest BCUT2D eigenvalue weighted by Crippen LogP contribution is -2.38. The second kappa shape index (κ2) is 4.80. The van der Waals surface area contributed by atoms with Crippen molar-refractivity contribution in [2.75, 3.05) is 0 Å². The normalized spacial score (nSPS) is 24.9. The molecule has 0 aromatic heterocycles. The minimum atomic E-state index is -0.397. The zero-order chi connectivity index (χ0) is 14.3. The van der Waals surface area contributed by atoms with Crippen molar-refractivity contribution in [3.05, 3.63) is 64.2 Å². The van der Waals surface area contributed by atoms with Crippen molar-refractivity contribution in [1.29, 1.82) is 0 Å². The smallest absolute Gasteiger partial charge is 0.133 e. The Kier molecular flexibility index (Phi) is 3.23. The lowest BCUT2D eigenvalue weighted by atomic mass is 9.83. The third kappa shape index (κ3) is 2.30. The summed E-state index contributed by atoms with van der Waals surface area (Å²) in [5.41, 5.74) is 9.31. The van der Waals surface area contributed by atoms with Crippen LogP contribution in [-0.4, -0.2) is 0 Å². The molecule has 104 valence electrons. The monoisotopic (exact) mass is 287 g/mol. The number of fused-ring (bicyclic) bond motifs is 1. The molecule has 2 N–H and O–H groups in total. The molecule has 2 nitrogen and oxygen atoms in total. The highest BCUT2D eigenvalue weighted by atomic mass is 35.5. The fourth-order valence-corrected chi connectivity index (χ4v) is 3.05. The Hall–Kier alpha value is -1.51. The molecule has 1 heterocycles. The number of rotatable bonds is 1. The van der Waals surface area contributed by atoms with Gasteiger partial charge in [-0.3, -0.25) is 0 Å². The molecule has 0 bridgehead atoms. The minimum Gasteiger partial charge on any atom is -0.482 e. The van der Waals surface area contributed by atoms with Crippen molar-refractivity contribution in [1.82, 2.24) is 0 Å². The van der Waals surface area contributed by atoms with E-state index in [1.54, 1.807) is 0 Å². The van der Waals surface area contributed by atoms with Crippen LogP contribution >= 0.6 is 11.6 Å². The summed E-state index contributed by atoms with van der Waals surface area (Å²) in [4.78, 5) is 0. The summed E-state index contributed by atoms with van der Waals surface area (Å²) < 4.78 is 6.25. The van der Waals surface area contributed by atoms with Gasteiger partial charge in [-0.05, 0) is 37.6 Å². The summed E-state index contributed by atoms with van der Waals surface area (Å²) in [5.74, 6) is 0.831. The van der Waals surface area contributed by atoms with Crippen LogP contribution in [-0.2, 0) is 5.60 Å². The molecule has 2 unspecified atom stereocenters. The molecule has 0 saturated heterocycles. The van der Waals surface area contributed by atoms with Crippen LogP contribution < -0.4 is 10.5 Å². The maximum atomic E-state index is 6.33. The SMILES string of the molecule is Cc1cccc(C2(C)CC(N)c3cc(Cl)ccc3O2)c1. The van der Waals surface area contributed by atoms with Gasteiger partial charge in [0.15, 0.2) is 0 Å². The van der Waals surface area contributed by atoms with E-state index in [1.807, 2.05) is 18.2 Å². The quantitative estimate of drug-likeness (QED) is 0.846. The Morgan fingerprint density at radius 1 is 1.25 bits per heavy atom. The first-order valence-electron chi connectivity index (χ1n) is 6.79. The molecule has 0 fully saturated rings. The molecule has 0 amide bonds. The number of halogens is 1. The number of hydrogen-bond donors (Lipinski definition) is 1. The second-order valence-corrected chi connectivity index (χ2v) is 6.13. The van der Waals surface area contributed by atoms with Gasteiger partial charge in [0.25, 0.3) is 0 Å². The lowest BCUT2D eigenvalue weighted by molar-refractivity contribution is 0.0511. The first kappa shape index (κ1) is 13.5. The summed E-state index contributed by atoms with van der Waals surface area (Å²) in [5, 5.41) is 0.696. The van der Waals surface area contributed by atoms with E-state index in [0.717, 1.165) is 23.3 Å². The van der Waals surface area contributed by atoms with Crippen molar-refractivity contribution >= 4 is 11.6 Å². The van der Waals surface area contributed by atoms with Crippen LogP contribution in [0.2, 0.25) is 5.02 Å². The van der Waals surface area contributed by atoms with Gasteiger partial charge in [-0.1, -0.05) is 41.4 Å². The Labute approximate surface area is 124 Å². The van der Waals surface area contributed by atoms with E-state index in [1.165, 1.54) is 5.56 Å². The van der Waals surface area contributed by atoms with Crippen LogP contribution in [0.3, 0.4) is 0 Å². The zero-order valence-corrected chi connectivity index (χ0v) is 12.4. The molecule has 3 heteroatoms. The molecule has 0 aliphatic carbocycles. The highest BCUT2D eigenvalue weighted by Gasteiger charge is 2.37. The largest absolute Gasteiger partial charge is 0.482 e. The average molecular weight is 288 g/mol. The number of nitrogens with two attached hydrogens (primary N) is 1. The predicted octanol–water partition coefficient (Wildman–Crippen LogP) is 4.35. The van der Waals surface area contributed by atoms with Crippen molar-refractivity contribution in [2.24, 2.45) is 5.73 Å². The van der Waals surface area contributed by atoms with Gasteiger partial charge in [-0.2, -0.15) is 0 Å². The van der Waals surface area contributed by atoms with Gasteiger partial charge >= 0.3 is 0 Å². The van der Waals surface area contributed by atoms with Gasteiger partial charge in [-0.25, -0.2) is 0 Å². The van der Waals surface area contributed by atoms with E-state index >= 15 is 0 Å². The summed E-state index contributed by atoms with van der Waals surface area (Å²) in [6.45, 7) is 4.18. The van der Waals surface area contributed by atoms with E-state index in [0.29, 0.717) is 5.02 Å². The standard InChI is InChI=1S/C17H18ClNO/c1-11-4-3-5-12(8-11)17(2)10-15(19)14-9-13(18)6-7-16(14)20-17/h3-9,15H,10,19H2,1-2H3. The van der Waals surface area contributed by atoms with Crippen LogP contribution in [0.5, 0.6) is 5.75 Å². The number of ether oxygens (including phenoxy) is 1. The molecule has 0 spiro atoms.